The van der Waals surface area contributed by atoms with E-state index in [2.05, 4.69) is 0 Å². The van der Waals surface area contributed by atoms with Gasteiger partial charge in [0.1, 0.15) is 12.7 Å². The molecule has 2 aliphatic heterocycles. The first-order valence-electron chi connectivity index (χ1n) is 12.7. The highest BCUT2D eigenvalue weighted by atomic mass is 35.5. The third kappa shape index (κ3) is 5.66. The first-order chi connectivity index (χ1) is 19.6. The number of alkyl halides is 3. The molecule has 13 heteroatoms. The van der Waals surface area contributed by atoms with E-state index in [1.807, 2.05) is 30.3 Å². The molecule has 0 radical (unpaired) electrons. The van der Waals surface area contributed by atoms with Crippen LogP contribution in [0.4, 0.5) is 13.2 Å². The van der Waals surface area contributed by atoms with Crippen LogP contribution in [-0.4, -0.2) is 61.5 Å². The average molecular weight is 610 g/mol. The summed E-state index contributed by atoms with van der Waals surface area (Å²) < 4.78 is 59.5. The fraction of sp³-hybridized carbons (Fsp3) is 0.357. The molecular weight excluding hydrogens is 583 g/mol. The second-order valence-corrected chi connectivity index (χ2v) is 10.9. The van der Waals surface area contributed by atoms with Gasteiger partial charge >= 0.3 is 6.18 Å². The minimum atomic E-state index is -4.72. The maximum Gasteiger partial charge on any atom is 0.408 e. The maximum atomic E-state index is 14.1. The van der Waals surface area contributed by atoms with E-state index in [0.29, 0.717) is 15.7 Å². The second kappa shape index (κ2) is 12.0. The summed E-state index contributed by atoms with van der Waals surface area (Å²) in [6.07, 6.45) is -3.34. The maximum absolute atomic E-state index is 14.1. The summed E-state index contributed by atoms with van der Waals surface area (Å²) in [6, 6.07) is 11.4. The number of benzene rings is 2. The molecule has 5 rings (SSSR count). The smallest absolute Gasteiger partial charge is 0.408 e. The van der Waals surface area contributed by atoms with Crippen molar-refractivity contribution in [3.05, 3.63) is 92.4 Å². The number of rotatable bonds is 8. The second-order valence-electron chi connectivity index (χ2n) is 9.48. The predicted molar refractivity (Wildman–Crippen MR) is 148 cm³/mol. The van der Waals surface area contributed by atoms with Gasteiger partial charge in [0.05, 0.1) is 19.3 Å². The molecule has 0 N–H and O–H groups in total. The number of methoxy groups -OCH3 is 1. The Labute approximate surface area is 243 Å². The molecule has 0 spiro atoms. The molecule has 0 unspecified atom stereocenters. The Hall–Kier alpha value is -3.19. The summed E-state index contributed by atoms with van der Waals surface area (Å²) in [5, 5.41) is 2.16. The number of thioether (sulfide) groups is 1. The molecule has 1 aromatic heterocycles. The minimum Gasteiger partial charge on any atom is -0.461 e. The summed E-state index contributed by atoms with van der Waals surface area (Å²) in [4.78, 5) is 28.3. The van der Waals surface area contributed by atoms with Crippen LogP contribution in [0.15, 0.2) is 64.4 Å². The third-order valence-electron chi connectivity index (χ3n) is 7.07. The molecule has 0 fully saturated rings. The number of carbonyl (C=O) groups is 1. The predicted octanol–water partition coefficient (Wildman–Crippen LogP) is 5.20. The Kier molecular flexibility index (Phi) is 8.55. The van der Waals surface area contributed by atoms with Crippen LogP contribution < -0.4 is 15.2 Å². The van der Waals surface area contributed by atoms with Crippen LogP contribution >= 0.6 is 23.4 Å². The highest BCUT2D eigenvalue weighted by Crippen LogP contribution is 2.45. The van der Waals surface area contributed by atoms with Crippen molar-refractivity contribution in [3.8, 4) is 5.75 Å². The number of halogens is 4. The summed E-state index contributed by atoms with van der Waals surface area (Å²) in [6.45, 7) is 0.509. The van der Waals surface area contributed by atoms with Crippen LogP contribution in [0.3, 0.4) is 0 Å². The van der Waals surface area contributed by atoms with Crippen LogP contribution in [0.1, 0.15) is 40.1 Å². The lowest BCUT2D eigenvalue weighted by Crippen LogP contribution is -2.60. The van der Waals surface area contributed by atoms with Gasteiger partial charge in [-0.2, -0.15) is 13.2 Å². The molecule has 2 aliphatic rings. The first-order valence-corrected chi connectivity index (χ1v) is 14.1. The molecule has 0 aliphatic carbocycles. The van der Waals surface area contributed by atoms with E-state index in [9.17, 15) is 22.8 Å². The van der Waals surface area contributed by atoms with Crippen LogP contribution in [-0.2, 0) is 15.2 Å². The Morgan fingerprint density at radius 1 is 1.07 bits per heavy atom. The van der Waals surface area contributed by atoms with Crippen molar-refractivity contribution in [3.63, 3.8) is 0 Å². The molecule has 2 aromatic carbocycles. The van der Waals surface area contributed by atoms with Gasteiger partial charge in [-0.25, -0.2) is 0 Å². The fourth-order valence-corrected chi connectivity index (χ4v) is 6.40. The summed E-state index contributed by atoms with van der Waals surface area (Å²) in [5.41, 5.74) is 1.44. The zero-order chi connectivity index (χ0) is 29.3. The van der Waals surface area contributed by atoms with Gasteiger partial charge in [0.15, 0.2) is 12.5 Å². The molecule has 1 amide bonds. The lowest BCUT2D eigenvalue weighted by atomic mass is 9.94. The molecule has 41 heavy (non-hydrogen) atoms. The largest absolute Gasteiger partial charge is 0.461 e. The Morgan fingerprint density at radius 3 is 2.59 bits per heavy atom. The number of fused-ring (bicyclic) bond motifs is 3. The number of amides is 1. The van der Waals surface area contributed by atoms with Gasteiger partial charge in [0.2, 0.25) is 11.2 Å². The average Bonchev–Trinajstić information content (AvgIpc) is 3.11. The molecule has 0 saturated heterocycles. The number of hydrogen-bond acceptors (Lipinski definition) is 7. The zero-order valence-electron chi connectivity index (χ0n) is 22.2. The SMILES string of the molecule is COCCOCOc1c2n(ccc1=O)N([C@@H]1c3ccccc3SCc3c(Cl)cccc31)CN([C@H](C)C(F)(F)F)C2=O. The number of carbonyl (C=O) groups excluding carboxylic acids is 1. The van der Waals surface area contributed by atoms with Crippen molar-refractivity contribution in [2.45, 2.75) is 35.8 Å². The van der Waals surface area contributed by atoms with Crippen LogP contribution in [0, 0.1) is 0 Å². The van der Waals surface area contributed by atoms with Gasteiger partial charge in [-0.3, -0.25) is 19.3 Å². The van der Waals surface area contributed by atoms with E-state index < -0.39 is 48.8 Å². The molecule has 0 saturated carbocycles. The molecule has 3 aromatic rings. The standard InChI is InChI=1S/C28H27ClF3N3O5S/c1-17(28(30,31)32)33-15-35(34-11-10-22(36)26(25(34)27(33)37)40-16-39-13-12-38-2)24-18-7-5-8-21(29)20(18)14-41-23-9-4-3-6-19(23)24/h3-11,17,24H,12-16H2,1-2H3/t17-,24+/m1/s1. The number of ether oxygens (including phenoxy) is 3. The van der Waals surface area contributed by atoms with Crippen LogP contribution in [0.25, 0.3) is 0 Å². The third-order valence-corrected chi connectivity index (χ3v) is 8.54. The lowest BCUT2D eigenvalue weighted by Gasteiger charge is -2.46. The van der Waals surface area contributed by atoms with Gasteiger partial charge in [0, 0.05) is 35.0 Å². The molecule has 8 nitrogen and oxygen atoms in total. The lowest BCUT2D eigenvalue weighted by molar-refractivity contribution is -0.173. The normalized spacial score (nSPS) is 17.4. The Bertz CT molecular complexity index is 1500. The topological polar surface area (TPSA) is 73.2 Å². The number of pyridine rings is 1. The number of nitrogens with zero attached hydrogens (tertiary/aromatic N) is 3. The van der Waals surface area contributed by atoms with Gasteiger partial charge in [-0.15, -0.1) is 11.8 Å². The van der Waals surface area contributed by atoms with Crippen LogP contribution in [0.2, 0.25) is 5.02 Å². The zero-order valence-corrected chi connectivity index (χ0v) is 23.8. The fourth-order valence-electron chi connectivity index (χ4n) is 4.93. The van der Waals surface area contributed by atoms with Crippen molar-refractivity contribution in [2.24, 2.45) is 0 Å². The Balaban J connectivity index is 1.71. The van der Waals surface area contributed by atoms with Gasteiger partial charge in [-0.1, -0.05) is 41.9 Å². The molecular formula is C28H27ClF3N3O5S. The van der Waals surface area contributed by atoms with E-state index >= 15 is 0 Å². The van der Waals surface area contributed by atoms with Crippen molar-refractivity contribution in [2.75, 3.05) is 38.8 Å². The van der Waals surface area contributed by atoms with Crippen molar-refractivity contribution in [1.82, 2.24) is 9.58 Å². The molecule has 2 atom stereocenters. The summed E-state index contributed by atoms with van der Waals surface area (Å²) >= 11 is 8.20. The highest BCUT2D eigenvalue weighted by molar-refractivity contribution is 7.98. The van der Waals surface area contributed by atoms with E-state index in [0.717, 1.165) is 28.5 Å². The quantitative estimate of drug-likeness (QED) is 0.257. The first kappa shape index (κ1) is 29.3. The van der Waals surface area contributed by atoms with E-state index in [1.54, 1.807) is 28.9 Å². The van der Waals surface area contributed by atoms with Gasteiger partial charge in [-0.05, 0) is 35.7 Å². The van der Waals surface area contributed by atoms with E-state index in [4.69, 9.17) is 25.8 Å². The molecule has 0 bridgehead atoms. The van der Waals surface area contributed by atoms with Crippen LogP contribution in [0.5, 0.6) is 5.75 Å². The number of hydrogen-bond donors (Lipinski definition) is 0. The number of aromatic nitrogens is 1. The molecule has 3 heterocycles. The van der Waals surface area contributed by atoms with Crippen molar-refractivity contribution in [1.29, 1.82) is 0 Å². The van der Waals surface area contributed by atoms with Gasteiger partial charge < -0.3 is 19.1 Å². The minimum absolute atomic E-state index is 0.151. The van der Waals surface area contributed by atoms with Crippen molar-refractivity contribution < 1.29 is 32.2 Å². The van der Waals surface area contributed by atoms with Crippen molar-refractivity contribution >= 4 is 29.3 Å². The van der Waals surface area contributed by atoms with Gasteiger partial charge in [0.25, 0.3) is 5.91 Å². The summed E-state index contributed by atoms with van der Waals surface area (Å²) in [7, 11) is 1.49. The highest BCUT2D eigenvalue weighted by Gasteiger charge is 2.48. The van der Waals surface area contributed by atoms with E-state index in [1.165, 1.54) is 24.0 Å². The Morgan fingerprint density at radius 2 is 1.83 bits per heavy atom. The monoisotopic (exact) mass is 609 g/mol. The van der Waals surface area contributed by atoms with E-state index in [-0.39, 0.29) is 18.9 Å². The summed E-state index contributed by atoms with van der Waals surface area (Å²) in [5.74, 6) is -0.845. The molecule has 218 valence electrons.